The van der Waals surface area contributed by atoms with Crippen LogP contribution in [0.2, 0.25) is 0 Å². The first-order valence-corrected chi connectivity index (χ1v) is 7.72. The molecular formula is C19H23NO. The molecule has 0 saturated heterocycles. The van der Waals surface area contributed by atoms with E-state index in [1.807, 2.05) is 6.07 Å². The van der Waals surface area contributed by atoms with E-state index in [1.165, 1.54) is 35.1 Å². The summed E-state index contributed by atoms with van der Waals surface area (Å²) in [6.07, 6.45) is 2.62. The molecule has 2 aromatic rings. The molecule has 2 nitrogen and oxygen atoms in total. The van der Waals surface area contributed by atoms with Gasteiger partial charge in [-0.05, 0) is 49.4 Å². The van der Waals surface area contributed by atoms with Crippen molar-refractivity contribution in [3.63, 3.8) is 0 Å². The lowest BCUT2D eigenvalue weighted by atomic mass is 10.1. The van der Waals surface area contributed by atoms with Gasteiger partial charge in [-0.3, -0.25) is 0 Å². The number of benzene rings is 2. The van der Waals surface area contributed by atoms with Gasteiger partial charge in [-0.15, -0.1) is 0 Å². The first kappa shape index (κ1) is 14.2. The van der Waals surface area contributed by atoms with Gasteiger partial charge in [0.1, 0.15) is 12.4 Å². The van der Waals surface area contributed by atoms with Crippen molar-refractivity contribution in [3.05, 3.63) is 64.7 Å². The number of nitrogens with one attached hydrogen (secondary N) is 1. The van der Waals surface area contributed by atoms with Crippen LogP contribution < -0.4 is 10.1 Å². The molecule has 1 aliphatic rings. The minimum atomic E-state index is 0.627. The first-order valence-electron chi connectivity index (χ1n) is 7.72. The highest BCUT2D eigenvalue weighted by Gasteiger charge is 2.20. The van der Waals surface area contributed by atoms with Gasteiger partial charge in [-0.2, -0.15) is 0 Å². The van der Waals surface area contributed by atoms with Gasteiger partial charge in [-0.1, -0.05) is 36.4 Å². The monoisotopic (exact) mass is 281 g/mol. The van der Waals surface area contributed by atoms with E-state index in [-0.39, 0.29) is 0 Å². The Morgan fingerprint density at radius 3 is 2.62 bits per heavy atom. The van der Waals surface area contributed by atoms with Crippen molar-refractivity contribution in [2.45, 2.75) is 45.9 Å². The zero-order valence-corrected chi connectivity index (χ0v) is 12.9. The van der Waals surface area contributed by atoms with E-state index < -0.39 is 0 Å². The Morgan fingerprint density at radius 1 is 1.05 bits per heavy atom. The molecule has 21 heavy (non-hydrogen) atoms. The lowest BCUT2D eigenvalue weighted by Gasteiger charge is -2.13. The fraction of sp³-hybridized carbons (Fsp3) is 0.368. The number of hydrogen-bond acceptors (Lipinski definition) is 2. The normalized spacial score (nSPS) is 14.2. The second-order valence-corrected chi connectivity index (χ2v) is 5.97. The molecule has 0 unspecified atom stereocenters. The molecule has 1 saturated carbocycles. The van der Waals surface area contributed by atoms with Gasteiger partial charge in [0.25, 0.3) is 0 Å². The van der Waals surface area contributed by atoms with Crippen molar-refractivity contribution >= 4 is 0 Å². The van der Waals surface area contributed by atoms with E-state index in [9.17, 15) is 0 Å². The molecular weight excluding hydrogens is 258 g/mol. The van der Waals surface area contributed by atoms with Crippen molar-refractivity contribution in [2.75, 3.05) is 0 Å². The number of ether oxygens (including phenoxy) is 1. The zero-order chi connectivity index (χ0) is 14.7. The van der Waals surface area contributed by atoms with Gasteiger partial charge >= 0.3 is 0 Å². The molecule has 0 radical (unpaired) electrons. The van der Waals surface area contributed by atoms with Gasteiger partial charge < -0.3 is 10.1 Å². The maximum Gasteiger partial charge on any atom is 0.124 e. The fourth-order valence-corrected chi connectivity index (χ4v) is 2.39. The summed E-state index contributed by atoms with van der Waals surface area (Å²) in [6.45, 7) is 5.81. The molecule has 1 fully saturated rings. The van der Waals surface area contributed by atoms with E-state index in [1.54, 1.807) is 0 Å². The molecule has 1 aliphatic carbocycles. The Bertz CT molecular complexity index is 617. The maximum absolute atomic E-state index is 6.03. The Balaban J connectivity index is 1.64. The molecule has 0 aromatic heterocycles. The molecule has 0 spiro atoms. The summed E-state index contributed by atoms with van der Waals surface area (Å²) in [4.78, 5) is 0. The van der Waals surface area contributed by atoms with Crippen LogP contribution in [-0.2, 0) is 13.2 Å². The Kier molecular flexibility index (Phi) is 4.26. The van der Waals surface area contributed by atoms with Crippen LogP contribution in [0.25, 0.3) is 0 Å². The second-order valence-electron chi connectivity index (χ2n) is 5.97. The topological polar surface area (TPSA) is 21.3 Å². The number of rotatable bonds is 6. The second kappa shape index (κ2) is 6.31. The summed E-state index contributed by atoms with van der Waals surface area (Å²) in [5, 5.41) is 3.55. The van der Waals surface area contributed by atoms with E-state index in [2.05, 4.69) is 55.6 Å². The van der Waals surface area contributed by atoms with Crippen molar-refractivity contribution in [3.8, 4) is 5.75 Å². The van der Waals surface area contributed by atoms with Crippen molar-refractivity contribution < 1.29 is 4.74 Å². The SMILES string of the molecule is Cc1ccc(COc2ccccc2CNC2CC2)cc1C. The zero-order valence-electron chi connectivity index (χ0n) is 12.9. The molecule has 0 atom stereocenters. The molecule has 2 aromatic carbocycles. The van der Waals surface area contributed by atoms with E-state index in [0.29, 0.717) is 6.61 Å². The number of hydrogen-bond donors (Lipinski definition) is 1. The smallest absolute Gasteiger partial charge is 0.124 e. The molecule has 0 amide bonds. The summed E-state index contributed by atoms with van der Waals surface area (Å²) in [6, 6.07) is 15.6. The van der Waals surface area contributed by atoms with Crippen molar-refractivity contribution in [2.24, 2.45) is 0 Å². The molecule has 0 aliphatic heterocycles. The third-order valence-corrected chi connectivity index (χ3v) is 4.10. The largest absolute Gasteiger partial charge is 0.489 e. The minimum Gasteiger partial charge on any atom is -0.489 e. The van der Waals surface area contributed by atoms with Crippen molar-refractivity contribution in [1.29, 1.82) is 0 Å². The van der Waals surface area contributed by atoms with Crippen LogP contribution in [0.3, 0.4) is 0 Å². The van der Waals surface area contributed by atoms with Crippen LogP contribution in [0, 0.1) is 13.8 Å². The average Bonchev–Trinajstić information content (AvgIpc) is 3.31. The molecule has 0 heterocycles. The van der Waals surface area contributed by atoms with Gasteiger partial charge in [0, 0.05) is 18.2 Å². The summed E-state index contributed by atoms with van der Waals surface area (Å²) in [7, 11) is 0. The molecule has 3 rings (SSSR count). The van der Waals surface area contributed by atoms with Crippen LogP contribution in [0.1, 0.15) is 35.1 Å². The quantitative estimate of drug-likeness (QED) is 0.859. The predicted octanol–water partition coefficient (Wildman–Crippen LogP) is 4.13. The van der Waals surface area contributed by atoms with E-state index in [0.717, 1.165) is 18.3 Å². The third kappa shape index (κ3) is 3.85. The molecule has 1 N–H and O–H groups in total. The van der Waals surface area contributed by atoms with Crippen LogP contribution in [0.15, 0.2) is 42.5 Å². The van der Waals surface area contributed by atoms with Crippen molar-refractivity contribution in [1.82, 2.24) is 5.32 Å². The Hall–Kier alpha value is -1.80. The number of aryl methyl sites for hydroxylation is 2. The predicted molar refractivity (Wildman–Crippen MR) is 86.6 cm³/mol. The molecule has 0 bridgehead atoms. The number of para-hydroxylation sites is 1. The Morgan fingerprint density at radius 2 is 1.86 bits per heavy atom. The summed E-state index contributed by atoms with van der Waals surface area (Å²) >= 11 is 0. The van der Waals surface area contributed by atoms with Gasteiger partial charge in [0.15, 0.2) is 0 Å². The summed E-state index contributed by atoms with van der Waals surface area (Å²) in [5.41, 5.74) is 5.11. The standard InChI is InChI=1S/C19H23NO/c1-14-7-8-16(11-15(14)2)13-21-19-6-4-3-5-17(19)12-20-18-9-10-18/h3-8,11,18,20H,9-10,12-13H2,1-2H3. The van der Waals surface area contributed by atoms with E-state index >= 15 is 0 Å². The van der Waals surface area contributed by atoms with Gasteiger partial charge in [0.2, 0.25) is 0 Å². The highest BCUT2D eigenvalue weighted by molar-refractivity contribution is 5.34. The Labute approximate surface area is 127 Å². The third-order valence-electron chi connectivity index (χ3n) is 4.10. The fourth-order valence-electron chi connectivity index (χ4n) is 2.39. The van der Waals surface area contributed by atoms with Crippen LogP contribution in [-0.4, -0.2) is 6.04 Å². The van der Waals surface area contributed by atoms with Crippen LogP contribution >= 0.6 is 0 Å². The minimum absolute atomic E-state index is 0.627. The molecule has 2 heteroatoms. The molecule has 110 valence electrons. The van der Waals surface area contributed by atoms with Crippen LogP contribution in [0.5, 0.6) is 5.75 Å². The van der Waals surface area contributed by atoms with Gasteiger partial charge in [0.05, 0.1) is 0 Å². The average molecular weight is 281 g/mol. The summed E-state index contributed by atoms with van der Waals surface area (Å²) in [5.74, 6) is 0.990. The highest BCUT2D eigenvalue weighted by atomic mass is 16.5. The highest BCUT2D eigenvalue weighted by Crippen LogP contribution is 2.23. The first-order chi connectivity index (χ1) is 10.2. The lowest BCUT2D eigenvalue weighted by Crippen LogP contribution is -2.16. The van der Waals surface area contributed by atoms with E-state index in [4.69, 9.17) is 4.74 Å². The van der Waals surface area contributed by atoms with Crippen LogP contribution in [0.4, 0.5) is 0 Å². The lowest BCUT2D eigenvalue weighted by molar-refractivity contribution is 0.302. The maximum atomic E-state index is 6.03. The summed E-state index contributed by atoms with van der Waals surface area (Å²) < 4.78 is 6.03. The van der Waals surface area contributed by atoms with Gasteiger partial charge in [-0.25, -0.2) is 0 Å².